The highest BCUT2D eigenvalue weighted by Gasteiger charge is 2.52. The maximum atomic E-state index is 15.2. The molecule has 11 amide bonds. The first-order valence-electron chi connectivity index (χ1n) is 33.3. The van der Waals surface area contributed by atoms with E-state index in [1.807, 2.05) is 0 Å². The quantitative estimate of drug-likeness (QED) is 0.174. The van der Waals surface area contributed by atoms with Crippen LogP contribution in [0.15, 0.2) is 0 Å². The molecule has 2 saturated heterocycles. The molecule has 4 saturated carbocycles. The molecule has 2 aliphatic heterocycles. The van der Waals surface area contributed by atoms with E-state index in [9.17, 15) is 69.5 Å². The fourth-order valence-corrected chi connectivity index (χ4v) is 15.2. The third-order valence-electron chi connectivity index (χ3n) is 21.0. The standard InChI is InChI=1S/C64H100ClF6N11O11/c1-11-37(2)53-60(92)78(7)35-51(85)76(5)36-52(86)80(9)48(33-41-20-24-43(25-21-41)63(66,67)68)59(91)77(6)34-49(83)73-46(27-23-40-22-26-44(45(65)32-40)64(69,70)71)58(90)82-30-16-19-47(82)56(88)75-62(28-14-15-29-62)61(93)81(10)54(42-17-12-13-18-42)57(89)72-38(3)31-50(84)79(8)39(4)55(87)74-53/h37-48,53-54H,11-36H2,1-10H3,(H,72,89)(H,73,83)(H,74,87)(H,75,88)/t37-,38+,39-,40?,41?,43?,44?,45?,46-,47-,48-,53-,54-/m0/s1. The number of likely N-dealkylation sites (N-methyl/N-ethyl adjacent to an activating group) is 6. The molecule has 2 heterocycles. The Kier molecular flexibility index (Phi) is 26.7. The van der Waals surface area contributed by atoms with Gasteiger partial charge in [-0.2, -0.15) is 26.3 Å². The van der Waals surface area contributed by atoms with Crippen LogP contribution < -0.4 is 21.3 Å². The Morgan fingerprint density at radius 2 is 1.19 bits per heavy atom. The van der Waals surface area contributed by atoms with Gasteiger partial charge in [0.2, 0.25) is 65.0 Å². The third-order valence-corrected chi connectivity index (χ3v) is 21.5. The zero-order chi connectivity index (χ0) is 69.2. The van der Waals surface area contributed by atoms with Crippen molar-refractivity contribution in [2.24, 2.45) is 35.5 Å². The first-order chi connectivity index (χ1) is 43.5. The number of halogens is 7. The number of nitrogens with zero attached hydrogens (tertiary/aromatic N) is 7. The zero-order valence-corrected chi connectivity index (χ0v) is 56.5. The largest absolute Gasteiger partial charge is 0.393 e. The lowest BCUT2D eigenvalue weighted by molar-refractivity contribution is -0.184. The fraction of sp³-hybridized carbons (Fsp3) is 0.828. The van der Waals surface area contributed by atoms with Crippen LogP contribution in [0.25, 0.3) is 0 Å². The number of carbonyl (C=O) groups excluding carboxylic acids is 11. The fourth-order valence-electron chi connectivity index (χ4n) is 14.7. The average molecular weight is 1350 g/mol. The minimum absolute atomic E-state index is 0.0384. The van der Waals surface area contributed by atoms with Crippen molar-refractivity contribution >= 4 is 76.6 Å². The highest BCUT2D eigenvalue weighted by molar-refractivity contribution is 6.20. The number of nitrogens with one attached hydrogen (secondary N) is 4. The Morgan fingerprint density at radius 3 is 1.78 bits per heavy atom. The molecule has 6 aliphatic rings. The summed E-state index contributed by atoms with van der Waals surface area (Å²) in [5.74, 6) is -12.5. The van der Waals surface area contributed by atoms with Crippen molar-refractivity contribution < 1.29 is 79.1 Å². The maximum absolute atomic E-state index is 15.2. The highest BCUT2D eigenvalue weighted by atomic mass is 35.5. The number of hydrogen-bond donors (Lipinski definition) is 4. The van der Waals surface area contributed by atoms with Crippen molar-refractivity contribution in [3.8, 4) is 0 Å². The van der Waals surface area contributed by atoms with Crippen LogP contribution in [0.5, 0.6) is 0 Å². The number of fused-ring (bicyclic) bond motifs is 1. The number of rotatable bonds is 8. The molecule has 29 heteroatoms. The SMILES string of the molecule is CC[C@H](C)[C@@H]1NC(=O)[C@H](C)N(C)C(=O)C[C@@H](C)NC(=O)[C@H](C2CCCC2)N(C)C(=O)C2(CCCC2)NC(=O)[C@@H]2CCCN2C(=O)[C@H](CCC2CCC(C(F)(F)F)C(Cl)C2)NC(=O)CN(C)C(=O)[C@H](CC2CCC(C(F)(F)F)CC2)N(C)C(=O)CN(C)C(=O)CN(C)C1=O. The zero-order valence-electron chi connectivity index (χ0n) is 55.7. The van der Waals surface area contributed by atoms with Crippen LogP contribution in [0.2, 0.25) is 0 Å². The Hall–Kier alpha value is -5.96. The normalized spacial score (nSPS) is 31.8. The molecule has 3 unspecified atom stereocenters. The van der Waals surface area contributed by atoms with Gasteiger partial charge >= 0.3 is 12.4 Å². The predicted octanol–water partition coefficient (Wildman–Crippen LogP) is 5.52. The van der Waals surface area contributed by atoms with E-state index < -0.39 is 180 Å². The predicted molar refractivity (Wildman–Crippen MR) is 332 cm³/mol. The molecule has 0 aromatic carbocycles. The summed E-state index contributed by atoms with van der Waals surface area (Å²) in [4.78, 5) is 167. The van der Waals surface area contributed by atoms with E-state index in [2.05, 4.69) is 21.3 Å². The molecule has 0 bridgehead atoms. The average Bonchev–Trinajstić information content (AvgIpc) is 1.68. The van der Waals surface area contributed by atoms with Crippen LogP contribution in [0.3, 0.4) is 0 Å². The Bertz CT molecular complexity index is 2690. The molecule has 4 N–H and O–H groups in total. The molecule has 0 aromatic rings. The molecule has 22 nitrogen and oxygen atoms in total. The van der Waals surface area contributed by atoms with E-state index in [0.29, 0.717) is 38.5 Å². The third kappa shape index (κ3) is 19.4. The monoisotopic (exact) mass is 1350 g/mol. The molecular weight excluding hydrogens is 1250 g/mol. The lowest BCUT2D eigenvalue weighted by Crippen LogP contribution is -2.64. The van der Waals surface area contributed by atoms with E-state index in [0.717, 1.165) is 32.4 Å². The van der Waals surface area contributed by atoms with Gasteiger partial charge in [0, 0.05) is 66.7 Å². The topological polar surface area (TPSA) is 259 Å². The van der Waals surface area contributed by atoms with Crippen LogP contribution in [-0.4, -0.2) is 233 Å². The molecular formula is C64H100ClF6N11O11. The van der Waals surface area contributed by atoms with Gasteiger partial charge in [-0.1, -0.05) is 46.0 Å². The Balaban J connectivity index is 1.34. The van der Waals surface area contributed by atoms with E-state index >= 15 is 9.59 Å². The molecule has 4 aliphatic carbocycles. The summed E-state index contributed by atoms with van der Waals surface area (Å²) >= 11 is 6.34. The van der Waals surface area contributed by atoms with Crippen molar-refractivity contribution in [2.75, 3.05) is 68.5 Å². The number of alkyl halides is 7. The second-order valence-corrected chi connectivity index (χ2v) is 28.3. The minimum Gasteiger partial charge on any atom is -0.351 e. The second kappa shape index (κ2) is 32.7. The molecule has 0 radical (unpaired) electrons. The van der Waals surface area contributed by atoms with Crippen molar-refractivity contribution in [3.63, 3.8) is 0 Å². The summed E-state index contributed by atoms with van der Waals surface area (Å²) in [6, 6.07) is -8.11. The van der Waals surface area contributed by atoms with E-state index in [4.69, 9.17) is 11.6 Å². The van der Waals surface area contributed by atoms with Crippen LogP contribution in [0.4, 0.5) is 26.3 Å². The van der Waals surface area contributed by atoms with Crippen LogP contribution in [-0.2, 0) is 52.7 Å². The van der Waals surface area contributed by atoms with Gasteiger partial charge in [0.15, 0.2) is 0 Å². The van der Waals surface area contributed by atoms with Gasteiger partial charge in [-0.05, 0) is 140 Å². The lowest BCUT2D eigenvalue weighted by atomic mass is 9.78. The minimum atomic E-state index is -4.53. The van der Waals surface area contributed by atoms with Crippen LogP contribution >= 0.6 is 11.6 Å². The van der Waals surface area contributed by atoms with E-state index in [1.54, 1.807) is 20.8 Å². The maximum Gasteiger partial charge on any atom is 0.393 e. The van der Waals surface area contributed by atoms with Crippen molar-refractivity contribution in [3.05, 3.63) is 0 Å². The molecule has 1 spiro atoms. The van der Waals surface area contributed by atoms with Crippen molar-refractivity contribution in [2.45, 2.75) is 235 Å². The molecule has 11 atom stereocenters. The highest BCUT2D eigenvalue weighted by Crippen LogP contribution is 2.45. The summed E-state index contributed by atoms with van der Waals surface area (Å²) in [7, 11) is 8.09. The smallest absolute Gasteiger partial charge is 0.351 e. The Labute approximate surface area is 547 Å². The molecule has 0 aromatic heterocycles. The van der Waals surface area contributed by atoms with Gasteiger partial charge < -0.3 is 55.6 Å². The first-order valence-corrected chi connectivity index (χ1v) is 33.8. The Morgan fingerprint density at radius 1 is 0.591 bits per heavy atom. The van der Waals surface area contributed by atoms with E-state index in [1.165, 1.54) is 63.9 Å². The van der Waals surface area contributed by atoms with E-state index in [-0.39, 0.29) is 102 Å². The van der Waals surface area contributed by atoms with Gasteiger partial charge in [0.25, 0.3) is 0 Å². The molecule has 93 heavy (non-hydrogen) atoms. The summed E-state index contributed by atoms with van der Waals surface area (Å²) in [6.45, 7) is 4.68. The molecule has 6 rings (SSSR count). The summed E-state index contributed by atoms with van der Waals surface area (Å²) < 4.78 is 83.3. The number of amides is 11. The van der Waals surface area contributed by atoms with Crippen molar-refractivity contribution in [1.29, 1.82) is 0 Å². The van der Waals surface area contributed by atoms with Gasteiger partial charge in [0.1, 0.15) is 41.8 Å². The van der Waals surface area contributed by atoms with Gasteiger partial charge in [0.05, 0.1) is 31.5 Å². The summed E-state index contributed by atoms with van der Waals surface area (Å²) in [6.07, 6.45) is -4.73. The number of carbonyl (C=O) groups is 11. The van der Waals surface area contributed by atoms with Gasteiger partial charge in [-0.25, -0.2) is 0 Å². The lowest BCUT2D eigenvalue weighted by Gasteiger charge is -2.40. The van der Waals surface area contributed by atoms with Crippen LogP contribution in [0.1, 0.15) is 169 Å². The summed E-state index contributed by atoms with van der Waals surface area (Å²) in [5.41, 5.74) is -1.50. The molecule has 526 valence electrons. The molecule has 6 fully saturated rings. The first kappa shape index (κ1) is 76.1. The van der Waals surface area contributed by atoms with Gasteiger partial charge in [-0.3, -0.25) is 52.7 Å². The van der Waals surface area contributed by atoms with Crippen molar-refractivity contribution in [1.82, 2.24) is 55.6 Å². The number of hydrogen-bond acceptors (Lipinski definition) is 11. The van der Waals surface area contributed by atoms with Crippen LogP contribution in [0, 0.1) is 35.5 Å². The second-order valence-electron chi connectivity index (χ2n) is 27.7. The summed E-state index contributed by atoms with van der Waals surface area (Å²) in [5, 5.41) is 10.2. The van der Waals surface area contributed by atoms with Gasteiger partial charge in [-0.15, -0.1) is 11.6 Å².